The molecule has 1 aromatic heterocycles. The van der Waals surface area contributed by atoms with Crippen molar-refractivity contribution in [3.8, 4) is 5.75 Å². The van der Waals surface area contributed by atoms with E-state index in [1.54, 1.807) is 27.7 Å². The van der Waals surface area contributed by atoms with E-state index in [1.165, 1.54) is 6.20 Å². The Morgan fingerprint density at radius 1 is 1.33 bits per heavy atom. The predicted molar refractivity (Wildman–Crippen MR) is 75.9 cm³/mol. The second-order valence-electron chi connectivity index (χ2n) is 5.46. The topological polar surface area (TPSA) is 95.5 Å². The van der Waals surface area contributed by atoms with Crippen LogP contribution in [0, 0.1) is 0 Å². The van der Waals surface area contributed by atoms with E-state index in [4.69, 9.17) is 9.47 Å². The molecule has 0 bridgehead atoms. The highest BCUT2D eigenvalue weighted by Crippen LogP contribution is 2.18. The number of aromatic nitrogens is 2. The summed E-state index contributed by atoms with van der Waals surface area (Å²) in [5.74, 6) is -0.243. The monoisotopic (exact) mass is 316 g/mol. The van der Waals surface area contributed by atoms with Crippen LogP contribution in [0.2, 0.25) is 0 Å². The van der Waals surface area contributed by atoms with E-state index in [0.29, 0.717) is 12.1 Å². The van der Waals surface area contributed by atoms with Gasteiger partial charge in [0.1, 0.15) is 5.60 Å². The van der Waals surface area contributed by atoms with Gasteiger partial charge in [0, 0.05) is 6.26 Å². The summed E-state index contributed by atoms with van der Waals surface area (Å²) in [6.07, 6.45) is 2.74. The molecule has 0 saturated heterocycles. The maximum atomic E-state index is 11.6. The van der Waals surface area contributed by atoms with Crippen LogP contribution in [-0.2, 0) is 25.8 Å². The molecule has 0 aliphatic rings. The lowest BCUT2D eigenvalue weighted by Crippen LogP contribution is -2.27. The molecule has 0 N–H and O–H groups in total. The molecule has 0 amide bonds. The van der Waals surface area contributed by atoms with E-state index in [2.05, 4.69) is 9.97 Å². The zero-order valence-electron chi connectivity index (χ0n) is 12.8. The fraction of sp³-hybridized carbons (Fsp3) is 0.615. The Morgan fingerprint density at radius 2 is 1.95 bits per heavy atom. The average Bonchev–Trinajstić information content (AvgIpc) is 2.32. The molecule has 0 fully saturated rings. The minimum Gasteiger partial charge on any atom is -0.478 e. The molecule has 1 aromatic rings. The second-order valence-corrected chi connectivity index (χ2v) is 7.37. The predicted octanol–water partition coefficient (Wildman–Crippen LogP) is 1.16. The third-order valence-corrected chi connectivity index (χ3v) is 3.10. The maximum Gasteiger partial charge on any atom is 0.344 e. The van der Waals surface area contributed by atoms with Crippen molar-refractivity contribution in [3.05, 3.63) is 11.9 Å². The summed E-state index contributed by atoms with van der Waals surface area (Å²) in [7, 11) is -3.48. The van der Waals surface area contributed by atoms with Crippen molar-refractivity contribution in [2.45, 2.75) is 44.9 Å². The van der Waals surface area contributed by atoms with Crippen LogP contribution in [-0.4, -0.2) is 42.8 Å². The Bertz CT molecular complexity index is 620. The van der Waals surface area contributed by atoms with Gasteiger partial charge in [0.15, 0.2) is 12.4 Å². The lowest BCUT2D eigenvalue weighted by atomic mass is 10.2. The summed E-state index contributed by atoms with van der Waals surface area (Å²) in [5.41, 5.74) is -0.168. The minimum absolute atomic E-state index is 0.260. The highest BCUT2D eigenvalue weighted by molar-refractivity contribution is 7.90. The van der Waals surface area contributed by atoms with Gasteiger partial charge < -0.3 is 9.47 Å². The molecule has 0 aliphatic heterocycles. The van der Waals surface area contributed by atoms with Crippen molar-refractivity contribution in [3.63, 3.8) is 0 Å². The van der Waals surface area contributed by atoms with Gasteiger partial charge in [-0.15, -0.1) is 0 Å². The van der Waals surface area contributed by atoms with Crippen LogP contribution < -0.4 is 4.74 Å². The Hall–Kier alpha value is -1.70. The third kappa shape index (κ3) is 5.66. The van der Waals surface area contributed by atoms with Crippen LogP contribution in [0.5, 0.6) is 5.75 Å². The van der Waals surface area contributed by atoms with E-state index >= 15 is 0 Å². The first kappa shape index (κ1) is 17.4. The molecule has 0 aliphatic carbocycles. The quantitative estimate of drug-likeness (QED) is 0.594. The molecule has 0 spiro atoms. The van der Waals surface area contributed by atoms with Crippen molar-refractivity contribution < 1.29 is 22.7 Å². The van der Waals surface area contributed by atoms with Crippen LogP contribution in [0.3, 0.4) is 0 Å². The summed E-state index contributed by atoms with van der Waals surface area (Å²) >= 11 is 0. The standard InChI is InChI=1S/C13H20N2O5S/c1-6-9-10(7-14-12(15-9)21(5,17)18)19-8-11(16)20-13(2,3)4/h7H,6,8H2,1-5H3. The van der Waals surface area contributed by atoms with Crippen molar-refractivity contribution >= 4 is 15.8 Å². The summed E-state index contributed by atoms with van der Waals surface area (Å²) < 4.78 is 33.2. The summed E-state index contributed by atoms with van der Waals surface area (Å²) in [5, 5.41) is -0.260. The van der Waals surface area contributed by atoms with Gasteiger partial charge in [0.05, 0.1) is 11.9 Å². The van der Waals surface area contributed by atoms with Crippen LogP contribution in [0.25, 0.3) is 0 Å². The lowest BCUT2D eigenvalue weighted by molar-refractivity contribution is -0.157. The van der Waals surface area contributed by atoms with Gasteiger partial charge in [-0.05, 0) is 27.2 Å². The molecular weight excluding hydrogens is 296 g/mol. The first-order valence-corrected chi connectivity index (χ1v) is 8.32. The van der Waals surface area contributed by atoms with Crippen LogP contribution in [0.15, 0.2) is 11.4 Å². The van der Waals surface area contributed by atoms with Gasteiger partial charge in [0.25, 0.3) is 0 Å². The maximum absolute atomic E-state index is 11.6. The molecule has 1 heterocycles. The van der Waals surface area contributed by atoms with Gasteiger partial charge in [-0.2, -0.15) is 0 Å². The van der Waals surface area contributed by atoms with Gasteiger partial charge in [0.2, 0.25) is 15.0 Å². The van der Waals surface area contributed by atoms with Crippen molar-refractivity contribution in [2.75, 3.05) is 12.9 Å². The zero-order valence-corrected chi connectivity index (χ0v) is 13.7. The van der Waals surface area contributed by atoms with E-state index in [0.717, 1.165) is 6.26 Å². The SMILES string of the molecule is CCc1nc(S(C)(=O)=O)ncc1OCC(=O)OC(C)(C)C. The highest BCUT2D eigenvalue weighted by atomic mass is 32.2. The zero-order chi connectivity index (χ0) is 16.3. The molecular formula is C13H20N2O5S. The molecule has 1 rings (SSSR count). The Morgan fingerprint density at radius 3 is 2.43 bits per heavy atom. The Kier molecular flexibility index (Phi) is 5.27. The van der Waals surface area contributed by atoms with Crippen molar-refractivity contribution in [1.29, 1.82) is 0 Å². The largest absolute Gasteiger partial charge is 0.478 e. The molecule has 0 aromatic carbocycles. The number of hydrogen-bond acceptors (Lipinski definition) is 7. The van der Waals surface area contributed by atoms with Crippen LogP contribution in [0.4, 0.5) is 0 Å². The van der Waals surface area contributed by atoms with Crippen LogP contribution in [0.1, 0.15) is 33.4 Å². The molecule has 21 heavy (non-hydrogen) atoms. The van der Waals surface area contributed by atoms with Gasteiger partial charge in [-0.3, -0.25) is 0 Å². The highest BCUT2D eigenvalue weighted by Gasteiger charge is 2.18. The number of carbonyl (C=O) groups excluding carboxylic acids is 1. The molecule has 118 valence electrons. The van der Waals surface area contributed by atoms with Gasteiger partial charge in [-0.25, -0.2) is 23.2 Å². The minimum atomic E-state index is -3.48. The first-order chi connectivity index (χ1) is 9.53. The number of ether oxygens (including phenoxy) is 2. The van der Waals surface area contributed by atoms with Gasteiger partial charge in [-0.1, -0.05) is 6.92 Å². The smallest absolute Gasteiger partial charge is 0.344 e. The molecule has 0 atom stereocenters. The summed E-state index contributed by atoms with van der Waals surface area (Å²) in [6.45, 7) is 6.78. The number of hydrogen-bond donors (Lipinski definition) is 0. The molecule has 8 heteroatoms. The normalized spacial score (nSPS) is 12.0. The fourth-order valence-corrected chi connectivity index (χ4v) is 1.97. The van der Waals surface area contributed by atoms with Crippen molar-refractivity contribution in [1.82, 2.24) is 9.97 Å². The number of nitrogens with zero attached hydrogens (tertiary/aromatic N) is 2. The fourth-order valence-electron chi connectivity index (χ4n) is 1.45. The molecule has 0 unspecified atom stereocenters. The second kappa shape index (κ2) is 6.38. The molecule has 0 radical (unpaired) electrons. The third-order valence-electron chi connectivity index (χ3n) is 2.24. The lowest BCUT2D eigenvalue weighted by Gasteiger charge is -2.19. The van der Waals surface area contributed by atoms with Gasteiger partial charge >= 0.3 is 5.97 Å². The number of sulfone groups is 1. The van der Waals surface area contributed by atoms with E-state index in [1.807, 2.05) is 0 Å². The summed E-state index contributed by atoms with van der Waals surface area (Å²) in [6, 6.07) is 0. The molecule has 0 saturated carbocycles. The average molecular weight is 316 g/mol. The number of esters is 1. The van der Waals surface area contributed by atoms with Crippen molar-refractivity contribution in [2.24, 2.45) is 0 Å². The Labute approximate surface area is 124 Å². The van der Waals surface area contributed by atoms with Crippen LogP contribution >= 0.6 is 0 Å². The number of aryl methyl sites for hydroxylation is 1. The van der Waals surface area contributed by atoms with E-state index < -0.39 is 21.4 Å². The van der Waals surface area contributed by atoms with E-state index in [9.17, 15) is 13.2 Å². The Balaban J connectivity index is 2.83. The number of carbonyl (C=O) groups is 1. The molecule has 7 nitrogen and oxygen atoms in total. The summed E-state index contributed by atoms with van der Waals surface area (Å²) in [4.78, 5) is 19.2. The van der Waals surface area contributed by atoms with E-state index in [-0.39, 0.29) is 17.5 Å². The first-order valence-electron chi connectivity index (χ1n) is 6.43. The number of rotatable bonds is 5.